The molecule has 18 heavy (non-hydrogen) atoms. The van der Waals surface area contributed by atoms with Crippen molar-refractivity contribution in [2.75, 3.05) is 6.61 Å². The van der Waals surface area contributed by atoms with Gasteiger partial charge in [0.1, 0.15) is 0 Å². The third kappa shape index (κ3) is 3.82. The summed E-state index contributed by atoms with van der Waals surface area (Å²) in [6.07, 6.45) is 10.2. The molecule has 0 bridgehead atoms. The van der Waals surface area contributed by atoms with Gasteiger partial charge in [-0.2, -0.15) is 5.10 Å². The topological polar surface area (TPSA) is 53.1 Å². The molecule has 0 radical (unpaired) electrons. The number of nitrogens with two attached hydrogens (primary N) is 1. The van der Waals surface area contributed by atoms with Gasteiger partial charge in [0.2, 0.25) is 0 Å². The molecule has 1 aromatic rings. The van der Waals surface area contributed by atoms with Crippen molar-refractivity contribution in [1.82, 2.24) is 9.78 Å². The molecule has 1 heterocycles. The summed E-state index contributed by atoms with van der Waals surface area (Å²) in [5, 5.41) is 4.17. The van der Waals surface area contributed by atoms with Crippen molar-refractivity contribution in [2.24, 2.45) is 18.7 Å². The van der Waals surface area contributed by atoms with E-state index in [1.807, 2.05) is 17.9 Å². The molecule has 1 aliphatic carbocycles. The predicted octanol–water partition coefficient (Wildman–Crippen LogP) is 1.89. The van der Waals surface area contributed by atoms with Gasteiger partial charge in [-0.05, 0) is 50.5 Å². The summed E-state index contributed by atoms with van der Waals surface area (Å²) < 4.78 is 7.42. The van der Waals surface area contributed by atoms with E-state index in [4.69, 9.17) is 10.5 Å². The van der Waals surface area contributed by atoms with E-state index in [1.54, 1.807) is 0 Å². The number of aryl methyl sites for hydroxylation is 2. The van der Waals surface area contributed by atoms with Crippen molar-refractivity contribution in [1.29, 1.82) is 0 Å². The summed E-state index contributed by atoms with van der Waals surface area (Å²) in [5.41, 5.74) is 7.48. The van der Waals surface area contributed by atoms with Crippen LogP contribution in [0.25, 0.3) is 0 Å². The second-order valence-corrected chi connectivity index (χ2v) is 5.47. The van der Waals surface area contributed by atoms with Gasteiger partial charge in [0, 0.05) is 25.9 Å². The number of rotatable bonds is 7. The lowest BCUT2D eigenvalue weighted by molar-refractivity contribution is -0.0282. The van der Waals surface area contributed by atoms with Crippen LogP contribution >= 0.6 is 0 Å². The highest BCUT2D eigenvalue weighted by Crippen LogP contribution is 2.33. The second kappa shape index (κ2) is 6.34. The molecule has 0 aliphatic heterocycles. The third-order valence-electron chi connectivity index (χ3n) is 3.79. The Labute approximate surface area is 110 Å². The summed E-state index contributed by atoms with van der Waals surface area (Å²) in [7, 11) is 1.95. The van der Waals surface area contributed by atoms with Gasteiger partial charge in [0.15, 0.2) is 0 Å². The van der Waals surface area contributed by atoms with E-state index in [9.17, 15) is 0 Å². The quantitative estimate of drug-likeness (QED) is 0.805. The van der Waals surface area contributed by atoms with Crippen LogP contribution in [-0.4, -0.2) is 28.5 Å². The maximum atomic E-state index is 6.19. The molecule has 1 atom stereocenters. The zero-order chi connectivity index (χ0) is 13.0. The lowest BCUT2D eigenvalue weighted by atomic mass is 9.77. The standard InChI is InChI=1S/C14H25N3O/c1-3-18-14-7-12(8-14)6-13(15)5-4-11-9-16-17(2)10-11/h9-10,12-14H,3-8,15H2,1-2H3. The first-order chi connectivity index (χ1) is 8.67. The number of ether oxygens (including phenoxy) is 1. The third-order valence-corrected chi connectivity index (χ3v) is 3.79. The Morgan fingerprint density at radius 1 is 1.56 bits per heavy atom. The van der Waals surface area contributed by atoms with Crippen molar-refractivity contribution in [2.45, 2.75) is 51.2 Å². The highest BCUT2D eigenvalue weighted by atomic mass is 16.5. The molecule has 1 fully saturated rings. The zero-order valence-corrected chi connectivity index (χ0v) is 11.5. The molecule has 1 saturated carbocycles. The maximum Gasteiger partial charge on any atom is 0.0580 e. The van der Waals surface area contributed by atoms with Gasteiger partial charge in [0.25, 0.3) is 0 Å². The molecular formula is C14H25N3O. The highest BCUT2D eigenvalue weighted by molar-refractivity contribution is 5.04. The van der Waals surface area contributed by atoms with E-state index >= 15 is 0 Å². The summed E-state index contributed by atoms with van der Waals surface area (Å²) >= 11 is 0. The first-order valence-corrected chi connectivity index (χ1v) is 7.02. The fourth-order valence-electron chi connectivity index (χ4n) is 2.74. The van der Waals surface area contributed by atoms with E-state index in [2.05, 4.69) is 18.2 Å². The first-order valence-electron chi connectivity index (χ1n) is 7.02. The van der Waals surface area contributed by atoms with E-state index in [-0.39, 0.29) is 0 Å². The van der Waals surface area contributed by atoms with Crippen molar-refractivity contribution in [3.05, 3.63) is 18.0 Å². The summed E-state index contributed by atoms with van der Waals surface area (Å²) in [5.74, 6) is 0.783. The lowest BCUT2D eigenvalue weighted by Crippen LogP contribution is -2.36. The highest BCUT2D eigenvalue weighted by Gasteiger charge is 2.30. The van der Waals surface area contributed by atoms with Crippen LogP contribution in [0.3, 0.4) is 0 Å². The number of aromatic nitrogens is 2. The van der Waals surface area contributed by atoms with E-state index in [1.165, 1.54) is 18.4 Å². The number of hydrogen-bond acceptors (Lipinski definition) is 3. The Kier molecular flexibility index (Phi) is 4.78. The van der Waals surface area contributed by atoms with Crippen LogP contribution < -0.4 is 5.73 Å². The number of hydrogen-bond donors (Lipinski definition) is 1. The zero-order valence-electron chi connectivity index (χ0n) is 11.5. The van der Waals surface area contributed by atoms with Crippen LogP contribution in [0.4, 0.5) is 0 Å². The van der Waals surface area contributed by atoms with Crippen molar-refractivity contribution < 1.29 is 4.74 Å². The molecule has 0 saturated heterocycles. The Morgan fingerprint density at radius 3 is 2.94 bits per heavy atom. The van der Waals surface area contributed by atoms with Crippen LogP contribution in [0.2, 0.25) is 0 Å². The van der Waals surface area contributed by atoms with Crippen LogP contribution in [0.1, 0.15) is 38.2 Å². The Morgan fingerprint density at radius 2 is 2.33 bits per heavy atom. The van der Waals surface area contributed by atoms with Gasteiger partial charge in [-0.15, -0.1) is 0 Å². The van der Waals surface area contributed by atoms with Gasteiger partial charge < -0.3 is 10.5 Å². The smallest absolute Gasteiger partial charge is 0.0580 e. The van der Waals surface area contributed by atoms with E-state index < -0.39 is 0 Å². The van der Waals surface area contributed by atoms with Gasteiger partial charge in [-0.3, -0.25) is 4.68 Å². The summed E-state index contributed by atoms with van der Waals surface area (Å²) in [6.45, 7) is 2.90. The Bertz CT molecular complexity index is 358. The van der Waals surface area contributed by atoms with Crippen molar-refractivity contribution in [3.63, 3.8) is 0 Å². The molecule has 1 unspecified atom stereocenters. The fourth-order valence-corrected chi connectivity index (χ4v) is 2.74. The largest absolute Gasteiger partial charge is 0.378 e. The molecule has 4 nitrogen and oxygen atoms in total. The maximum absolute atomic E-state index is 6.19. The monoisotopic (exact) mass is 251 g/mol. The van der Waals surface area contributed by atoms with Gasteiger partial charge in [-0.1, -0.05) is 0 Å². The SMILES string of the molecule is CCOC1CC(CC(N)CCc2cnn(C)c2)C1. The molecule has 1 aliphatic rings. The average Bonchev–Trinajstić information content (AvgIpc) is 2.70. The normalized spacial score (nSPS) is 24.8. The minimum Gasteiger partial charge on any atom is -0.378 e. The minimum absolute atomic E-state index is 0.317. The van der Waals surface area contributed by atoms with Crippen molar-refractivity contribution >= 4 is 0 Å². The van der Waals surface area contributed by atoms with E-state index in [0.717, 1.165) is 31.8 Å². The molecule has 2 N–H and O–H groups in total. The Hall–Kier alpha value is -0.870. The second-order valence-electron chi connectivity index (χ2n) is 5.47. The van der Waals surface area contributed by atoms with Gasteiger partial charge in [0.05, 0.1) is 12.3 Å². The summed E-state index contributed by atoms with van der Waals surface area (Å²) in [4.78, 5) is 0. The molecule has 0 amide bonds. The van der Waals surface area contributed by atoms with E-state index in [0.29, 0.717) is 12.1 Å². The lowest BCUT2D eigenvalue weighted by Gasteiger charge is -2.36. The van der Waals surface area contributed by atoms with Gasteiger partial charge >= 0.3 is 0 Å². The summed E-state index contributed by atoms with van der Waals surface area (Å²) in [6, 6.07) is 0.317. The first kappa shape index (κ1) is 13.6. The molecule has 102 valence electrons. The van der Waals surface area contributed by atoms with Gasteiger partial charge in [-0.25, -0.2) is 0 Å². The minimum atomic E-state index is 0.317. The van der Waals surface area contributed by atoms with Crippen molar-refractivity contribution in [3.8, 4) is 0 Å². The molecular weight excluding hydrogens is 226 g/mol. The molecule has 1 aromatic heterocycles. The van der Waals surface area contributed by atoms with Crippen LogP contribution in [0.15, 0.2) is 12.4 Å². The van der Waals surface area contributed by atoms with Crippen LogP contribution in [0, 0.1) is 5.92 Å². The molecule has 0 aromatic carbocycles. The van der Waals surface area contributed by atoms with Crippen LogP contribution in [0.5, 0.6) is 0 Å². The van der Waals surface area contributed by atoms with Crippen LogP contribution in [-0.2, 0) is 18.2 Å². The fraction of sp³-hybridized carbons (Fsp3) is 0.786. The Balaban J connectivity index is 1.60. The predicted molar refractivity (Wildman–Crippen MR) is 72.3 cm³/mol. The molecule has 4 heteroatoms. The average molecular weight is 251 g/mol. The molecule has 0 spiro atoms. The molecule has 2 rings (SSSR count). The number of nitrogens with zero attached hydrogens (tertiary/aromatic N) is 2.